The average molecular weight is 243 g/mol. The molecule has 17 heavy (non-hydrogen) atoms. The van der Waals surface area contributed by atoms with Crippen molar-refractivity contribution in [3.63, 3.8) is 0 Å². The van der Waals surface area contributed by atoms with Crippen LogP contribution in [-0.2, 0) is 10.2 Å². The summed E-state index contributed by atoms with van der Waals surface area (Å²) in [6.07, 6.45) is 0.918. The lowest BCUT2D eigenvalue weighted by molar-refractivity contribution is -0.123. The van der Waals surface area contributed by atoms with Crippen LogP contribution in [0.5, 0.6) is 0 Å². The molecule has 2 nitrogen and oxygen atoms in total. The third kappa shape index (κ3) is 1.79. The molecule has 1 aromatic rings. The molecule has 0 aromatic heterocycles. The number of hydrogen-bond donors (Lipinski definition) is 1. The molecule has 0 radical (unpaired) electrons. The highest BCUT2D eigenvalue weighted by Crippen LogP contribution is 2.49. The van der Waals surface area contributed by atoms with Crippen LogP contribution in [0.25, 0.3) is 0 Å². The van der Waals surface area contributed by atoms with Gasteiger partial charge < -0.3 is 5.32 Å². The Morgan fingerprint density at radius 3 is 2.47 bits per heavy atom. The number of carbonyl (C=O) groups is 1. The molecule has 1 amide bonds. The molecular formula is C12H12F3NO. The highest BCUT2D eigenvalue weighted by molar-refractivity contribution is 5.91. The summed E-state index contributed by atoms with van der Waals surface area (Å²) >= 11 is 0. The first kappa shape index (κ1) is 12.0. The van der Waals surface area contributed by atoms with Crippen molar-refractivity contribution < 1.29 is 18.0 Å². The first-order valence-electron chi connectivity index (χ1n) is 5.45. The standard InChI is InChI=1S/C12H12F3NO/c1-2-16-11(17)12(5-6-12)7-3-4-8(13)10(15)9(7)14/h3-4H,2,5-6H2,1H3,(H,16,17). The smallest absolute Gasteiger partial charge is 0.230 e. The minimum Gasteiger partial charge on any atom is -0.356 e. The lowest BCUT2D eigenvalue weighted by atomic mass is 9.94. The van der Waals surface area contributed by atoms with Gasteiger partial charge in [-0.15, -0.1) is 0 Å². The van der Waals surface area contributed by atoms with E-state index in [0.29, 0.717) is 19.4 Å². The van der Waals surface area contributed by atoms with Crippen LogP contribution < -0.4 is 5.32 Å². The molecule has 0 spiro atoms. The molecule has 1 saturated carbocycles. The minimum atomic E-state index is -1.52. The molecular weight excluding hydrogens is 231 g/mol. The monoisotopic (exact) mass is 243 g/mol. The first-order valence-corrected chi connectivity index (χ1v) is 5.45. The Morgan fingerprint density at radius 2 is 1.94 bits per heavy atom. The summed E-state index contributed by atoms with van der Waals surface area (Å²) in [4.78, 5) is 11.8. The molecule has 1 fully saturated rings. The SMILES string of the molecule is CCNC(=O)C1(c2ccc(F)c(F)c2F)CC1. The van der Waals surface area contributed by atoms with Gasteiger partial charge in [-0.05, 0) is 25.8 Å². The molecule has 92 valence electrons. The summed E-state index contributed by atoms with van der Waals surface area (Å²) in [6, 6.07) is 2.00. The van der Waals surface area contributed by atoms with Crippen LogP contribution in [0.4, 0.5) is 13.2 Å². The summed E-state index contributed by atoms with van der Waals surface area (Å²) in [5.74, 6) is -4.34. The van der Waals surface area contributed by atoms with E-state index in [-0.39, 0.29) is 11.5 Å². The zero-order valence-corrected chi connectivity index (χ0v) is 9.32. The summed E-state index contributed by atoms with van der Waals surface area (Å²) < 4.78 is 39.5. The number of likely N-dealkylation sites (N-methyl/N-ethyl adjacent to an activating group) is 1. The van der Waals surface area contributed by atoms with E-state index in [1.807, 2.05) is 0 Å². The molecule has 0 aliphatic heterocycles. The molecule has 0 atom stereocenters. The van der Waals surface area contributed by atoms with Crippen LogP contribution in [0.2, 0.25) is 0 Å². The van der Waals surface area contributed by atoms with Gasteiger partial charge in [-0.2, -0.15) is 0 Å². The van der Waals surface area contributed by atoms with E-state index in [9.17, 15) is 18.0 Å². The molecule has 0 unspecified atom stereocenters. The van der Waals surface area contributed by atoms with Crippen LogP contribution >= 0.6 is 0 Å². The van der Waals surface area contributed by atoms with Gasteiger partial charge in [-0.25, -0.2) is 13.2 Å². The van der Waals surface area contributed by atoms with Crippen molar-refractivity contribution in [2.45, 2.75) is 25.2 Å². The van der Waals surface area contributed by atoms with Crippen molar-refractivity contribution in [1.82, 2.24) is 5.32 Å². The molecule has 0 bridgehead atoms. The van der Waals surface area contributed by atoms with E-state index in [4.69, 9.17) is 0 Å². The van der Waals surface area contributed by atoms with Gasteiger partial charge in [0.05, 0.1) is 5.41 Å². The van der Waals surface area contributed by atoms with Gasteiger partial charge in [-0.3, -0.25) is 4.79 Å². The summed E-state index contributed by atoms with van der Waals surface area (Å²) in [6.45, 7) is 2.17. The fourth-order valence-electron chi connectivity index (χ4n) is 1.97. The van der Waals surface area contributed by atoms with Crippen LogP contribution in [0.15, 0.2) is 12.1 Å². The number of nitrogens with one attached hydrogen (secondary N) is 1. The Balaban J connectivity index is 2.41. The number of rotatable bonds is 3. The van der Waals surface area contributed by atoms with Gasteiger partial charge in [0.25, 0.3) is 0 Å². The Morgan fingerprint density at radius 1 is 1.29 bits per heavy atom. The van der Waals surface area contributed by atoms with Gasteiger partial charge in [-0.1, -0.05) is 6.07 Å². The second kappa shape index (κ2) is 4.05. The lowest BCUT2D eigenvalue weighted by Crippen LogP contribution is -2.35. The molecule has 1 N–H and O–H groups in total. The Kier molecular flexibility index (Phi) is 2.85. The maximum atomic E-state index is 13.6. The van der Waals surface area contributed by atoms with Gasteiger partial charge in [0.2, 0.25) is 5.91 Å². The van der Waals surface area contributed by atoms with Crippen LogP contribution in [0, 0.1) is 17.5 Å². The maximum Gasteiger partial charge on any atom is 0.230 e. The van der Waals surface area contributed by atoms with Crippen molar-refractivity contribution >= 4 is 5.91 Å². The molecule has 1 aliphatic rings. The Bertz CT molecular complexity index is 469. The van der Waals surface area contributed by atoms with Crippen LogP contribution in [-0.4, -0.2) is 12.5 Å². The van der Waals surface area contributed by atoms with E-state index in [2.05, 4.69) is 5.32 Å². The summed E-state index contributed by atoms with van der Waals surface area (Å²) in [5.41, 5.74) is -1.06. The number of benzene rings is 1. The highest BCUT2D eigenvalue weighted by atomic mass is 19.2. The van der Waals surface area contributed by atoms with E-state index in [1.54, 1.807) is 6.92 Å². The number of hydrogen-bond acceptors (Lipinski definition) is 1. The quantitative estimate of drug-likeness (QED) is 0.811. The van der Waals surface area contributed by atoms with Gasteiger partial charge in [0, 0.05) is 12.1 Å². The Hall–Kier alpha value is -1.52. The predicted molar refractivity (Wildman–Crippen MR) is 55.9 cm³/mol. The fourth-order valence-corrected chi connectivity index (χ4v) is 1.97. The topological polar surface area (TPSA) is 29.1 Å². The second-order valence-corrected chi connectivity index (χ2v) is 4.16. The molecule has 1 aromatic carbocycles. The van der Waals surface area contributed by atoms with E-state index < -0.39 is 22.9 Å². The summed E-state index contributed by atoms with van der Waals surface area (Å²) in [7, 11) is 0. The number of carbonyl (C=O) groups excluding carboxylic acids is 1. The van der Waals surface area contributed by atoms with Crippen molar-refractivity contribution in [3.8, 4) is 0 Å². The van der Waals surface area contributed by atoms with Crippen molar-refractivity contribution in [3.05, 3.63) is 35.1 Å². The van der Waals surface area contributed by atoms with E-state index in [0.717, 1.165) is 12.1 Å². The highest BCUT2D eigenvalue weighted by Gasteiger charge is 2.53. The molecule has 0 heterocycles. The zero-order chi connectivity index (χ0) is 12.6. The van der Waals surface area contributed by atoms with Gasteiger partial charge in [0.1, 0.15) is 0 Å². The van der Waals surface area contributed by atoms with Crippen molar-refractivity contribution in [2.24, 2.45) is 0 Å². The molecule has 0 saturated heterocycles. The predicted octanol–water partition coefficient (Wildman–Crippen LogP) is 2.27. The van der Waals surface area contributed by atoms with E-state index >= 15 is 0 Å². The van der Waals surface area contributed by atoms with Crippen LogP contribution in [0.1, 0.15) is 25.3 Å². The number of halogens is 3. The maximum absolute atomic E-state index is 13.6. The minimum absolute atomic E-state index is 0.0534. The van der Waals surface area contributed by atoms with E-state index in [1.165, 1.54) is 0 Å². The third-order valence-electron chi connectivity index (χ3n) is 3.07. The lowest BCUT2D eigenvalue weighted by Gasteiger charge is -2.16. The molecule has 1 aliphatic carbocycles. The first-order chi connectivity index (χ1) is 8.03. The summed E-state index contributed by atoms with van der Waals surface area (Å²) in [5, 5.41) is 2.59. The molecule has 5 heteroatoms. The van der Waals surface area contributed by atoms with Crippen molar-refractivity contribution in [2.75, 3.05) is 6.54 Å². The van der Waals surface area contributed by atoms with Crippen molar-refractivity contribution in [1.29, 1.82) is 0 Å². The Labute approximate surface area is 96.8 Å². The van der Waals surface area contributed by atoms with Gasteiger partial charge >= 0.3 is 0 Å². The van der Waals surface area contributed by atoms with Gasteiger partial charge in [0.15, 0.2) is 17.5 Å². The largest absolute Gasteiger partial charge is 0.356 e. The fraction of sp³-hybridized carbons (Fsp3) is 0.417. The average Bonchev–Trinajstić information content (AvgIpc) is 3.08. The normalized spacial score (nSPS) is 16.7. The third-order valence-corrected chi connectivity index (χ3v) is 3.07. The number of amides is 1. The molecule has 2 rings (SSSR count). The second-order valence-electron chi connectivity index (χ2n) is 4.16. The zero-order valence-electron chi connectivity index (χ0n) is 9.32. The van der Waals surface area contributed by atoms with Crippen LogP contribution in [0.3, 0.4) is 0 Å².